The normalized spacial score (nSPS) is 14.2. The maximum absolute atomic E-state index is 14.8. The van der Waals surface area contributed by atoms with Crippen molar-refractivity contribution in [1.29, 1.82) is 0 Å². The summed E-state index contributed by atoms with van der Waals surface area (Å²) in [5.74, 6) is 0. The molecule has 3 rings (SSSR count). The minimum Gasteiger partial charge on any atom is -0.741 e. The summed E-state index contributed by atoms with van der Waals surface area (Å²) in [6, 6.07) is 10.2. The summed E-state index contributed by atoms with van der Waals surface area (Å²) in [6.45, 7) is 11.5. The van der Waals surface area contributed by atoms with E-state index in [-0.39, 0.29) is 19.4 Å². The number of hydrogen-bond donors (Lipinski definition) is 0. The van der Waals surface area contributed by atoms with Crippen LogP contribution in [0.2, 0.25) is 0 Å². The molecule has 0 spiro atoms. The Morgan fingerprint density at radius 1 is 0.667 bits per heavy atom. The Labute approximate surface area is 207 Å². The molecule has 0 aliphatic heterocycles. The summed E-state index contributed by atoms with van der Waals surface area (Å²) in [5.41, 5.74) is -4.80. The van der Waals surface area contributed by atoms with Gasteiger partial charge in [0.15, 0.2) is 10.1 Å². The summed E-state index contributed by atoms with van der Waals surface area (Å²) >= 11 is -3.69. The fraction of sp³-hybridized carbons (Fsp3) is 0.478. The molecule has 0 aliphatic carbocycles. The van der Waals surface area contributed by atoms with Crippen molar-refractivity contribution in [3.63, 3.8) is 0 Å². The predicted molar refractivity (Wildman–Crippen MR) is 122 cm³/mol. The van der Waals surface area contributed by atoms with Crippen LogP contribution in [0.3, 0.4) is 0 Å². The van der Waals surface area contributed by atoms with Crippen molar-refractivity contribution in [3.8, 4) is 0 Å². The van der Waals surface area contributed by atoms with Gasteiger partial charge in [-0.1, -0.05) is 0 Å². The van der Waals surface area contributed by atoms with E-state index in [9.17, 15) is 35.1 Å². The number of halogens is 8. The van der Waals surface area contributed by atoms with Gasteiger partial charge < -0.3 is 4.55 Å². The molecule has 2 aromatic carbocycles. The summed E-state index contributed by atoms with van der Waals surface area (Å²) in [6.07, 6.45) is -5.58. The predicted octanol–water partition coefficient (Wildman–Crippen LogP) is 7.50. The third kappa shape index (κ3) is 6.06. The molecule has 0 saturated carbocycles. The van der Waals surface area contributed by atoms with Gasteiger partial charge in [0, 0.05) is 0 Å². The van der Waals surface area contributed by atoms with Gasteiger partial charge in [0.2, 0.25) is 0 Å². The molecule has 36 heavy (non-hydrogen) atoms. The number of hydrogen-bond acceptors (Lipinski definition) is 3. The topological polar surface area (TPSA) is 57.2 Å². The van der Waals surface area contributed by atoms with E-state index in [0.29, 0.717) is 10.8 Å². The second kappa shape index (κ2) is 9.25. The first kappa shape index (κ1) is 30.5. The molecule has 0 amide bonds. The molecule has 202 valence electrons. The van der Waals surface area contributed by atoms with Gasteiger partial charge in [-0.2, -0.15) is 13.2 Å². The van der Waals surface area contributed by atoms with Crippen LogP contribution in [0, 0.1) is 0 Å². The van der Waals surface area contributed by atoms with Crippen molar-refractivity contribution in [2.24, 2.45) is 0 Å². The maximum atomic E-state index is 14.8. The minimum atomic E-state index is -6.09. The van der Waals surface area contributed by atoms with Crippen molar-refractivity contribution in [2.75, 3.05) is 0 Å². The fourth-order valence-corrected chi connectivity index (χ4v) is 8.11. The molecule has 13 heteroatoms. The molecule has 3 nitrogen and oxygen atoms in total. The Morgan fingerprint density at radius 3 is 1.19 bits per heavy atom. The van der Waals surface area contributed by atoms with Crippen LogP contribution in [0.1, 0.15) is 52.7 Å². The molecule has 0 unspecified atom stereocenters. The Hall–Kier alpha value is -1.69. The van der Waals surface area contributed by atoms with Crippen LogP contribution in [0.25, 0.3) is 19.3 Å². The zero-order valence-corrected chi connectivity index (χ0v) is 22.6. The number of alkyl halides is 8. The third-order valence-corrected chi connectivity index (χ3v) is 10.7. The van der Waals surface area contributed by atoms with Crippen molar-refractivity contribution in [1.82, 2.24) is 0 Å². The number of rotatable bonds is 1. The van der Waals surface area contributed by atoms with Crippen LogP contribution in [-0.4, -0.2) is 38.1 Å². The molecule has 0 aliphatic rings. The van der Waals surface area contributed by atoms with E-state index in [2.05, 4.69) is 0 Å². The first-order valence-electron chi connectivity index (χ1n) is 10.3. The van der Waals surface area contributed by atoms with Gasteiger partial charge in [0.25, 0.3) is 0 Å². The molecular formula is C23H24F8O3SSe. The van der Waals surface area contributed by atoms with Gasteiger partial charge in [-0.15, -0.1) is 0 Å². The SMILES string of the molecule is CC(C)(C)c1ccc2c3ccc(C(C)(C)C)cc3[se+](C(F)(F)C(F)(F)F)c2c1.O=S(=O)([O-])C(F)(F)F. The van der Waals surface area contributed by atoms with E-state index in [0.717, 1.165) is 11.1 Å². The minimum absolute atomic E-state index is 0.177. The average molecular weight is 611 g/mol. The molecule has 0 saturated heterocycles. The number of benzene rings is 2. The Bertz CT molecular complexity index is 1300. The zero-order chi connectivity index (χ0) is 28.3. The van der Waals surface area contributed by atoms with Gasteiger partial charge in [-0.05, 0) is 0 Å². The summed E-state index contributed by atoms with van der Waals surface area (Å²) in [5, 5.41) is 1.02. The quantitative estimate of drug-likeness (QED) is 0.124. The molecule has 0 fully saturated rings. The Balaban J connectivity index is 0.000000493. The Kier molecular flexibility index (Phi) is 7.85. The van der Waals surface area contributed by atoms with E-state index in [4.69, 9.17) is 13.0 Å². The fourth-order valence-electron chi connectivity index (χ4n) is 3.27. The average Bonchev–Trinajstić information content (AvgIpc) is 2.98. The molecule has 1 heterocycles. The van der Waals surface area contributed by atoms with Gasteiger partial charge >= 0.3 is 171 Å². The number of fused-ring (bicyclic) bond motifs is 3. The van der Waals surface area contributed by atoms with Crippen molar-refractivity contribution >= 4 is 42.9 Å². The standard InChI is InChI=1S/C22H24F5Se.CHF3O3S/c1-19(2,3)13-7-9-15-16-10-8-14(20(4,5)6)12-18(16)28(17(15)11-13)22(26,27)21(23,24)25;2-1(3,4)8(5,6)7/h7-12H,1-6H3;(H,5,6,7)/q+1;/p-1. The molecule has 0 N–H and O–H groups in total. The second-order valence-electron chi connectivity index (χ2n) is 10.1. The van der Waals surface area contributed by atoms with Crippen molar-refractivity contribution < 1.29 is 48.1 Å². The maximum Gasteiger partial charge on any atom is 0.485 e. The first-order valence-corrected chi connectivity index (χ1v) is 14.3. The van der Waals surface area contributed by atoms with E-state index < -0.39 is 40.1 Å². The van der Waals surface area contributed by atoms with Crippen molar-refractivity contribution in [2.45, 2.75) is 68.9 Å². The molecule has 3 aromatic rings. The van der Waals surface area contributed by atoms with E-state index in [1.54, 1.807) is 24.3 Å². The second-order valence-corrected chi connectivity index (χ2v) is 15.7. The van der Waals surface area contributed by atoms with Gasteiger partial charge in [-0.3, -0.25) is 0 Å². The van der Waals surface area contributed by atoms with Crippen LogP contribution in [0.5, 0.6) is 0 Å². The molecule has 0 radical (unpaired) electrons. The monoisotopic (exact) mass is 612 g/mol. The van der Waals surface area contributed by atoms with Gasteiger partial charge in [0.05, 0.1) is 0 Å². The Morgan fingerprint density at radius 2 is 0.972 bits per heavy atom. The van der Waals surface area contributed by atoms with Gasteiger partial charge in [0.1, 0.15) is 0 Å². The smallest absolute Gasteiger partial charge is 0.485 e. The van der Waals surface area contributed by atoms with Crippen LogP contribution < -0.4 is 0 Å². The molecule has 1 aromatic heterocycles. The molecular weight excluding hydrogens is 587 g/mol. The van der Waals surface area contributed by atoms with Crippen LogP contribution in [0.15, 0.2) is 36.4 Å². The molecule has 0 atom stereocenters. The van der Waals surface area contributed by atoms with Crippen LogP contribution in [-0.2, 0) is 25.8 Å². The van der Waals surface area contributed by atoms with Gasteiger partial charge in [-0.25, -0.2) is 8.42 Å². The van der Waals surface area contributed by atoms with Crippen molar-refractivity contribution in [3.05, 3.63) is 47.5 Å². The summed E-state index contributed by atoms with van der Waals surface area (Å²) in [4.78, 5) is -4.74. The largest absolute Gasteiger partial charge is 0.741 e. The van der Waals surface area contributed by atoms with E-state index in [1.165, 1.54) is 0 Å². The summed E-state index contributed by atoms with van der Waals surface area (Å²) in [7, 11) is -6.09. The first-order chi connectivity index (χ1) is 15.8. The van der Waals surface area contributed by atoms with Crippen LogP contribution >= 0.6 is 0 Å². The van der Waals surface area contributed by atoms with Crippen LogP contribution in [0.4, 0.5) is 35.1 Å². The summed E-state index contributed by atoms with van der Waals surface area (Å²) < 4.78 is 129. The molecule has 0 bridgehead atoms. The third-order valence-electron chi connectivity index (χ3n) is 5.30. The van der Waals surface area contributed by atoms with E-state index >= 15 is 0 Å². The van der Waals surface area contributed by atoms with E-state index in [1.807, 2.05) is 53.7 Å². The zero-order valence-electron chi connectivity index (χ0n) is 20.0.